The van der Waals surface area contributed by atoms with E-state index in [2.05, 4.69) is 16.0 Å². The Hall–Kier alpha value is -2.11. The van der Waals surface area contributed by atoms with Crippen LogP contribution in [-0.2, 0) is 9.59 Å². The number of benzene rings is 2. The maximum Gasteiger partial charge on any atom is 0.243 e. The molecule has 4 rings (SSSR count). The second kappa shape index (κ2) is 8.28. The van der Waals surface area contributed by atoms with E-state index in [0.29, 0.717) is 5.92 Å². The van der Waals surface area contributed by atoms with Crippen molar-refractivity contribution in [2.75, 3.05) is 25.0 Å². The van der Waals surface area contributed by atoms with Crippen LogP contribution in [0.3, 0.4) is 0 Å². The highest BCUT2D eigenvalue weighted by atomic mass is 35.5. The third-order valence-corrected chi connectivity index (χ3v) is 5.96. The normalized spacial score (nSPS) is 23.9. The number of carbonyl (C=O) groups excluding carboxylic acids is 2. The lowest BCUT2D eigenvalue weighted by molar-refractivity contribution is -0.135. The molecule has 1 heterocycles. The summed E-state index contributed by atoms with van der Waals surface area (Å²) >= 11 is 0. The molecule has 1 saturated heterocycles. The van der Waals surface area contributed by atoms with Crippen molar-refractivity contribution in [1.29, 1.82) is 0 Å². The zero-order chi connectivity index (χ0) is 18.0. The maximum atomic E-state index is 12.8. The average Bonchev–Trinajstić information content (AvgIpc) is 3.12. The van der Waals surface area contributed by atoms with Crippen molar-refractivity contribution < 1.29 is 9.59 Å². The predicted molar refractivity (Wildman–Crippen MR) is 110 cm³/mol. The van der Waals surface area contributed by atoms with Crippen molar-refractivity contribution in [3.8, 4) is 0 Å². The van der Waals surface area contributed by atoms with Gasteiger partial charge in [0.2, 0.25) is 11.8 Å². The van der Waals surface area contributed by atoms with Gasteiger partial charge in [-0.1, -0.05) is 49.2 Å². The third-order valence-electron chi connectivity index (χ3n) is 5.96. The van der Waals surface area contributed by atoms with Gasteiger partial charge in [-0.25, -0.2) is 0 Å². The number of nitrogens with one attached hydrogen (secondary N) is 3. The van der Waals surface area contributed by atoms with Crippen LogP contribution in [0.4, 0.5) is 5.69 Å². The van der Waals surface area contributed by atoms with Crippen LogP contribution < -0.4 is 16.0 Å². The molecule has 0 unspecified atom stereocenters. The minimum absolute atomic E-state index is 0. The van der Waals surface area contributed by atoms with Gasteiger partial charge in [-0.2, -0.15) is 0 Å². The second-order valence-corrected chi connectivity index (χ2v) is 7.49. The minimum atomic E-state index is -0.321. The van der Waals surface area contributed by atoms with Crippen LogP contribution in [0.25, 0.3) is 10.8 Å². The van der Waals surface area contributed by atoms with E-state index in [0.717, 1.165) is 48.8 Å². The van der Waals surface area contributed by atoms with Gasteiger partial charge in [0.25, 0.3) is 0 Å². The highest BCUT2D eigenvalue weighted by molar-refractivity contribution is 6.03. The second-order valence-electron chi connectivity index (χ2n) is 7.49. The molecule has 2 atom stereocenters. The number of amides is 2. The van der Waals surface area contributed by atoms with Crippen molar-refractivity contribution in [2.24, 2.45) is 11.3 Å². The first-order valence-corrected chi connectivity index (χ1v) is 9.46. The number of rotatable bonds is 4. The van der Waals surface area contributed by atoms with Gasteiger partial charge in [0, 0.05) is 17.6 Å². The van der Waals surface area contributed by atoms with Crippen molar-refractivity contribution in [3.05, 3.63) is 42.5 Å². The van der Waals surface area contributed by atoms with E-state index < -0.39 is 0 Å². The van der Waals surface area contributed by atoms with Crippen molar-refractivity contribution in [2.45, 2.75) is 25.7 Å². The van der Waals surface area contributed by atoms with E-state index in [1.807, 2.05) is 42.5 Å². The predicted octanol–water partition coefficient (Wildman–Crippen LogP) is 3.10. The molecule has 0 radical (unpaired) electrons. The molecule has 2 aromatic carbocycles. The molecular weight excluding hydrogens is 362 g/mol. The Bertz CT molecular complexity index is 836. The number of fused-ring (bicyclic) bond motifs is 2. The molecule has 0 bridgehead atoms. The summed E-state index contributed by atoms with van der Waals surface area (Å²) in [6, 6.07) is 13.8. The van der Waals surface area contributed by atoms with Gasteiger partial charge in [0.1, 0.15) is 0 Å². The smallest absolute Gasteiger partial charge is 0.243 e. The van der Waals surface area contributed by atoms with E-state index in [9.17, 15) is 9.59 Å². The van der Waals surface area contributed by atoms with Crippen LogP contribution in [0.2, 0.25) is 0 Å². The molecular formula is C21H26ClN3O2. The topological polar surface area (TPSA) is 70.2 Å². The van der Waals surface area contributed by atoms with Crippen LogP contribution in [0.1, 0.15) is 25.7 Å². The number of hydrogen-bond donors (Lipinski definition) is 3. The Labute approximate surface area is 165 Å². The average molecular weight is 388 g/mol. The molecule has 1 saturated carbocycles. The molecule has 6 heteroatoms. The standard InChI is InChI=1S/C21H25N3O2.ClH/c25-19(24-18-10-5-7-15-6-1-2-9-17(15)18)13-23-20(26)21-11-4-3-8-16(21)12-22-14-21;/h1-2,5-7,9-10,16,22H,3-4,8,11-14H2,(H,23,26)(H,24,25);1H/t16-,21+;/m0./s1. The number of hydrogen-bond acceptors (Lipinski definition) is 3. The Morgan fingerprint density at radius 3 is 2.81 bits per heavy atom. The van der Waals surface area contributed by atoms with Gasteiger partial charge in [0.15, 0.2) is 0 Å². The third kappa shape index (κ3) is 3.80. The largest absolute Gasteiger partial charge is 0.346 e. The van der Waals surface area contributed by atoms with E-state index >= 15 is 0 Å². The Morgan fingerprint density at radius 2 is 1.93 bits per heavy atom. The van der Waals surface area contributed by atoms with Gasteiger partial charge in [-0.3, -0.25) is 9.59 Å². The van der Waals surface area contributed by atoms with Crippen molar-refractivity contribution >= 4 is 40.7 Å². The van der Waals surface area contributed by atoms with Crippen molar-refractivity contribution in [1.82, 2.24) is 10.6 Å². The van der Waals surface area contributed by atoms with Crippen LogP contribution in [0, 0.1) is 11.3 Å². The highest BCUT2D eigenvalue weighted by Gasteiger charge is 2.49. The molecule has 1 aliphatic heterocycles. The molecule has 144 valence electrons. The Morgan fingerprint density at radius 1 is 1.11 bits per heavy atom. The quantitative estimate of drug-likeness (QED) is 0.755. The van der Waals surface area contributed by atoms with Gasteiger partial charge in [0.05, 0.1) is 12.0 Å². The number of halogens is 1. The Kier molecular flexibility index (Phi) is 6.02. The summed E-state index contributed by atoms with van der Waals surface area (Å²) in [7, 11) is 0. The van der Waals surface area contributed by atoms with Crippen molar-refractivity contribution in [3.63, 3.8) is 0 Å². The zero-order valence-corrected chi connectivity index (χ0v) is 16.1. The van der Waals surface area contributed by atoms with E-state index in [1.165, 1.54) is 6.42 Å². The minimum Gasteiger partial charge on any atom is -0.346 e. The lowest BCUT2D eigenvalue weighted by Crippen LogP contribution is -2.49. The summed E-state index contributed by atoms with van der Waals surface area (Å²) in [6.07, 6.45) is 4.31. The molecule has 2 fully saturated rings. The monoisotopic (exact) mass is 387 g/mol. The first-order valence-electron chi connectivity index (χ1n) is 9.46. The molecule has 5 nitrogen and oxygen atoms in total. The molecule has 2 aromatic rings. The molecule has 3 N–H and O–H groups in total. The lowest BCUT2D eigenvalue weighted by atomic mass is 9.67. The van der Waals surface area contributed by atoms with E-state index in [4.69, 9.17) is 0 Å². The van der Waals surface area contributed by atoms with Gasteiger partial charge in [-0.15, -0.1) is 12.4 Å². The first kappa shape index (κ1) is 19.6. The highest BCUT2D eigenvalue weighted by Crippen LogP contribution is 2.43. The van der Waals surface area contributed by atoms with Gasteiger partial charge in [-0.05, 0) is 36.8 Å². The fraction of sp³-hybridized carbons (Fsp3) is 0.429. The summed E-state index contributed by atoms with van der Waals surface area (Å²) in [5, 5.41) is 11.3. The summed E-state index contributed by atoms with van der Waals surface area (Å²) in [5.74, 6) is 0.238. The summed E-state index contributed by atoms with van der Waals surface area (Å²) < 4.78 is 0. The van der Waals surface area contributed by atoms with Crippen LogP contribution in [-0.4, -0.2) is 31.4 Å². The number of anilines is 1. The molecule has 2 amide bonds. The molecule has 0 spiro atoms. The lowest BCUT2D eigenvalue weighted by Gasteiger charge is -2.37. The fourth-order valence-corrected chi connectivity index (χ4v) is 4.56. The fourth-order valence-electron chi connectivity index (χ4n) is 4.56. The SMILES string of the molecule is Cl.O=C(CNC(=O)[C@@]12CCCC[C@H]1CNC2)Nc1cccc2ccccc12. The molecule has 0 aromatic heterocycles. The first-order chi connectivity index (χ1) is 12.7. The molecule has 2 aliphatic rings. The zero-order valence-electron chi connectivity index (χ0n) is 15.3. The summed E-state index contributed by atoms with van der Waals surface area (Å²) in [5.41, 5.74) is 0.455. The van der Waals surface area contributed by atoms with E-state index in [-0.39, 0.29) is 36.2 Å². The molecule has 27 heavy (non-hydrogen) atoms. The van der Waals surface area contributed by atoms with Crippen LogP contribution in [0.15, 0.2) is 42.5 Å². The molecule has 1 aliphatic carbocycles. The van der Waals surface area contributed by atoms with E-state index in [1.54, 1.807) is 0 Å². The maximum absolute atomic E-state index is 12.8. The summed E-state index contributed by atoms with van der Waals surface area (Å²) in [4.78, 5) is 25.2. The van der Waals surface area contributed by atoms with Crippen LogP contribution >= 0.6 is 12.4 Å². The summed E-state index contributed by atoms with van der Waals surface area (Å²) in [6.45, 7) is 1.65. The number of carbonyl (C=O) groups is 2. The van der Waals surface area contributed by atoms with Crippen LogP contribution in [0.5, 0.6) is 0 Å². The van der Waals surface area contributed by atoms with Gasteiger partial charge >= 0.3 is 0 Å². The Balaban J connectivity index is 0.00000210. The van der Waals surface area contributed by atoms with Gasteiger partial charge < -0.3 is 16.0 Å².